The lowest BCUT2D eigenvalue weighted by atomic mass is 10.1. The molecule has 2 aromatic heterocycles. The average Bonchev–Trinajstić information content (AvgIpc) is 3.51. The molecule has 2 aromatic carbocycles. The summed E-state index contributed by atoms with van der Waals surface area (Å²) in [5, 5.41) is 16.0. The number of nitrogens with one attached hydrogen (secondary N) is 1. The van der Waals surface area contributed by atoms with Crippen LogP contribution in [0.1, 0.15) is 21.0 Å². The van der Waals surface area contributed by atoms with E-state index in [0.717, 1.165) is 10.9 Å². The van der Waals surface area contributed by atoms with Gasteiger partial charge in [-0.1, -0.05) is 35.5 Å². The highest BCUT2D eigenvalue weighted by Crippen LogP contribution is 2.30. The van der Waals surface area contributed by atoms with Crippen molar-refractivity contribution in [2.24, 2.45) is 0 Å². The third-order valence-corrected chi connectivity index (χ3v) is 5.71. The Bertz CT molecular complexity index is 1330. The number of piperazine rings is 1. The van der Waals surface area contributed by atoms with Gasteiger partial charge in [0.2, 0.25) is 0 Å². The van der Waals surface area contributed by atoms with Crippen LogP contribution in [0.2, 0.25) is 0 Å². The summed E-state index contributed by atoms with van der Waals surface area (Å²) in [6.07, 6.45) is 0. The van der Waals surface area contributed by atoms with Crippen LogP contribution < -0.4 is 0 Å². The number of rotatable bonds is 4. The number of hydrogen-bond donors (Lipinski definition) is 1. The molecule has 10 nitrogen and oxygen atoms in total. The zero-order valence-electron chi connectivity index (χ0n) is 17.4. The van der Waals surface area contributed by atoms with E-state index >= 15 is 0 Å². The van der Waals surface area contributed by atoms with E-state index in [9.17, 15) is 19.7 Å². The average molecular weight is 445 g/mol. The molecule has 3 heterocycles. The first-order valence-corrected chi connectivity index (χ1v) is 10.4. The molecule has 1 fully saturated rings. The monoisotopic (exact) mass is 445 g/mol. The minimum absolute atomic E-state index is 0.0681. The first-order chi connectivity index (χ1) is 16.0. The van der Waals surface area contributed by atoms with Crippen LogP contribution in [-0.4, -0.2) is 62.9 Å². The topological polar surface area (TPSA) is 126 Å². The van der Waals surface area contributed by atoms with Gasteiger partial charge in [-0.05, 0) is 18.2 Å². The summed E-state index contributed by atoms with van der Waals surface area (Å²) in [6.45, 7) is 1.46. The Morgan fingerprint density at radius 3 is 2.33 bits per heavy atom. The van der Waals surface area contributed by atoms with Crippen LogP contribution in [0.3, 0.4) is 0 Å². The molecular formula is C23H19N5O5. The van der Waals surface area contributed by atoms with Crippen LogP contribution in [-0.2, 0) is 0 Å². The van der Waals surface area contributed by atoms with E-state index in [2.05, 4.69) is 10.1 Å². The molecule has 1 N–H and O–H groups in total. The summed E-state index contributed by atoms with van der Waals surface area (Å²) in [5.41, 5.74) is 1.61. The second-order valence-electron chi connectivity index (χ2n) is 7.71. The third-order valence-electron chi connectivity index (χ3n) is 5.71. The first-order valence-electron chi connectivity index (χ1n) is 10.4. The number of carbonyl (C=O) groups excluding carboxylic acids is 2. The number of amides is 2. The molecule has 0 radical (unpaired) electrons. The summed E-state index contributed by atoms with van der Waals surface area (Å²) >= 11 is 0. The fourth-order valence-electron chi connectivity index (χ4n) is 3.98. The lowest BCUT2D eigenvalue weighted by Crippen LogP contribution is -2.50. The number of nitrogens with zero attached hydrogens (tertiary/aromatic N) is 4. The fraction of sp³-hybridized carbons (Fsp3) is 0.174. The van der Waals surface area contributed by atoms with E-state index in [4.69, 9.17) is 4.52 Å². The van der Waals surface area contributed by atoms with E-state index in [1.165, 1.54) is 12.1 Å². The molecule has 4 aromatic rings. The van der Waals surface area contributed by atoms with Crippen LogP contribution in [0.4, 0.5) is 5.69 Å². The summed E-state index contributed by atoms with van der Waals surface area (Å²) in [6, 6.07) is 17.0. The Morgan fingerprint density at radius 2 is 1.61 bits per heavy atom. The number of nitro benzene ring substituents is 1. The quantitative estimate of drug-likeness (QED) is 0.379. The molecule has 0 saturated carbocycles. The maximum Gasteiger partial charge on any atom is 0.280 e. The van der Waals surface area contributed by atoms with Gasteiger partial charge in [-0.15, -0.1) is 0 Å². The largest absolute Gasteiger partial charge is 0.355 e. The lowest BCUT2D eigenvalue weighted by Gasteiger charge is -2.34. The molecule has 1 saturated heterocycles. The molecule has 166 valence electrons. The number of benzene rings is 2. The van der Waals surface area contributed by atoms with Crippen molar-refractivity contribution in [2.75, 3.05) is 26.2 Å². The normalized spacial score (nSPS) is 13.9. The maximum atomic E-state index is 12.9. The molecule has 10 heteroatoms. The van der Waals surface area contributed by atoms with Crippen LogP contribution in [0, 0.1) is 10.1 Å². The number of carbonyl (C=O) groups is 2. The SMILES string of the molecule is O=C(c1cc(-c2ccccc2[N+](=O)[O-])on1)N1CCN(C(=O)c2cc3ccccc3[nH]2)CC1. The van der Waals surface area contributed by atoms with Gasteiger partial charge in [0.15, 0.2) is 11.5 Å². The van der Waals surface area contributed by atoms with Crippen molar-refractivity contribution in [3.63, 3.8) is 0 Å². The number of aromatic nitrogens is 2. The smallest absolute Gasteiger partial charge is 0.280 e. The summed E-state index contributed by atoms with van der Waals surface area (Å²) in [4.78, 5) is 42.9. The Kier molecular flexibility index (Phi) is 5.09. The minimum Gasteiger partial charge on any atom is -0.355 e. The molecule has 33 heavy (non-hydrogen) atoms. The second kappa shape index (κ2) is 8.23. The van der Waals surface area contributed by atoms with Crippen molar-refractivity contribution >= 4 is 28.4 Å². The predicted molar refractivity (Wildman–Crippen MR) is 119 cm³/mol. The molecule has 0 spiro atoms. The van der Waals surface area contributed by atoms with Gasteiger partial charge in [-0.3, -0.25) is 19.7 Å². The molecule has 1 aliphatic heterocycles. The van der Waals surface area contributed by atoms with Gasteiger partial charge < -0.3 is 19.3 Å². The van der Waals surface area contributed by atoms with Gasteiger partial charge in [0.05, 0.1) is 10.5 Å². The van der Waals surface area contributed by atoms with Crippen molar-refractivity contribution in [1.82, 2.24) is 19.9 Å². The summed E-state index contributed by atoms with van der Waals surface area (Å²) in [5.74, 6) is -0.307. The zero-order chi connectivity index (χ0) is 22.9. The van der Waals surface area contributed by atoms with Crippen molar-refractivity contribution in [3.8, 4) is 11.3 Å². The van der Waals surface area contributed by atoms with Crippen LogP contribution in [0.25, 0.3) is 22.2 Å². The molecule has 2 amide bonds. The standard InChI is InChI=1S/C23H19N5O5/c29-22(18-13-15-5-1-3-7-17(15)24-18)26-9-11-27(12-10-26)23(30)19-14-21(33-25-19)16-6-2-4-8-20(16)28(31)32/h1-8,13-14,24H,9-12H2. The Labute approximate surface area is 187 Å². The van der Waals surface area contributed by atoms with Crippen LogP contribution >= 0.6 is 0 Å². The Hall–Kier alpha value is -4.47. The van der Waals surface area contributed by atoms with Crippen molar-refractivity contribution in [3.05, 3.63) is 82.2 Å². The van der Waals surface area contributed by atoms with Gasteiger partial charge in [-0.2, -0.15) is 0 Å². The number of para-hydroxylation sites is 2. The van der Waals surface area contributed by atoms with E-state index in [1.54, 1.807) is 28.0 Å². The zero-order valence-corrected chi connectivity index (χ0v) is 17.4. The van der Waals surface area contributed by atoms with Crippen molar-refractivity contribution in [2.45, 2.75) is 0 Å². The first kappa shape index (κ1) is 20.4. The Morgan fingerprint density at radius 1 is 0.939 bits per heavy atom. The predicted octanol–water partition coefficient (Wildman–Crippen LogP) is 3.33. The molecular weight excluding hydrogens is 426 g/mol. The number of H-pyrrole nitrogens is 1. The van der Waals surface area contributed by atoms with Crippen LogP contribution in [0.5, 0.6) is 0 Å². The molecule has 0 aliphatic carbocycles. The molecule has 5 rings (SSSR count). The molecule has 1 aliphatic rings. The molecule has 0 atom stereocenters. The number of fused-ring (bicyclic) bond motifs is 1. The van der Waals surface area contributed by atoms with Crippen LogP contribution in [0.15, 0.2) is 65.2 Å². The maximum absolute atomic E-state index is 12.9. The van der Waals surface area contributed by atoms with Crippen molar-refractivity contribution < 1.29 is 19.0 Å². The van der Waals surface area contributed by atoms with Gasteiger partial charge in [-0.25, -0.2) is 0 Å². The van der Waals surface area contributed by atoms with E-state index < -0.39 is 4.92 Å². The van der Waals surface area contributed by atoms with E-state index in [-0.39, 0.29) is 34.5 Å². The van der Waals surface area contributed by atoms with Gasteiger partial charge >= 0.3 is 0 Å². The highest BCUT2D eigenvalue weighted by molar-refractivity contribution is 5.98. The third kappa shape index (κ3) is 3.82. The van der Waals surface area contributed by atoms with Gasteiger partial charge in [0.25, 0.3) is 17.5 Å². The molecule has 0 unspecified atom stereocenters. The number of aromatic amines is 1. The minimum atomic E-state index is -0.511. The van der Waals surface area contributed by atoms with E-state index in [0.29, 0.717) is 31.9 Å². The highest BCUT2D eigenvalue weighted by atomic mass is 16.6. The highest BCUT2D eigenvalue weighted by Gasteiger charge is 2.28. The van der Waals surface area contributed by atoms with Gasteiger partial charge in [0.1, 0.15) is 5.69 Å². The molecule has 0 bridgehead atoms. The summed E-state index contributed by atoms with van der Waals surface area (Å²) < 4.78 is 5.23. The van der Waals surface area contributed by atoms with E-state index in [1.807, 2.05) is 30.3 Å². The summed E-state index contributed by atoms with van der Waals surface area (Å²) in [7, 11) is 0. The number of nitro groups is 1. The fourth-order valence-corrected chi connectivity index (χ4v) is 3.98. The second-order valence-corrected chi connectivity index (χ2v) is 7.71. The Balaban J connectivity index is 1.26. The van der Waals surface area contributed by atoms with Crippen molar-refractivity contribution in [1.29, 1.82) is 0 Å². The number of hydrogen-bond acceptors (Lipinski definition) is 6. The van der Waals surface area contributed by atoms with Gasteiger partial charge in [0, 0.05) is 49.2 Å². The lowest BCUT2D eigenvalue weighted by molar-refractivity contribution is -0.384.